The number of thiocarbonyl (C=S) groups is 1. The maximum Gasteiger partial charge on any atom is 0.269 e. The summed E-state index contributed by atoms with van der Waals surface area (Å²) in [6.07, 6.45) is 0. The van der Waals surface area contributed by atoms with Crippen molar-refractivity contribution in [3.8, 4) is 11.5 Å². The molecule has 0 unspecified atom stereocenters. The van der Waals surface area contributed by atoms with Crippen LogP contribution in [0.3, 0.4) is 0 Å². The third kappa shape index (κ3) is 5.51. The number of anilines is 1. The molecular formula is C15H14N2O4S2. The molecule has 0 amide bonds. The fourth-order valence-corrected chi connectivity index (χ4v) is 2.51. The molecule has 2 rings (SSSR count). The molecule has 0 heterocycles. The van der Waals surface area contributed by atoms with E-state index in [0.717, 1.165) is 5.69 Å². The zero-order valence-electron chi connectivity index (χ0n) is 12.0. The second kappa shape index (κ2) is 8.47. The third-order valence-electron chi connectivity index (χ3n) is 2.71. The molecule has 0 saturated heterocycles. The summed E-state index contributed by atoms with van der Waals surface area (Å²) < 4.78 is 6.20. The molecule has 0 aromatic heterocycles. The van der Waals surface area contributed by atoms with Crippen LogP contribution >= 0.6 is 24.0 Å². The van der Waals surface area contributed by atoms with E-state index in [9.17, 15) is 10.1 Å². The number of non-ortho nitro benzene ring substituents is 1. The molecule has 2 aromatic rings. The predicted molar refractivity (Wildman–Crippen MR) is 95.4 cm³/mol. The highest BCUT2D eigenvalue weighted by Crippen LogP contribution is 2.25. The van der Waals surface area contributed by atoms with Crippen molar-refractivity contribution in [2.24, 2.45) is 0 Å². The smallest absolute Gasteiger partial charge is 0.269 e. The lowest BCUT2D eigenvalue weighted by Crippen LogP contribution is -2.06. The van der Waals surface area contributed by atoms with Gasteiger partial charge in [0, 0.05) is 23.6 Å². The summed E-state index contributed by atoms with van der Waals surface area (Å²) in [5, 5.41) is 22.4. The van der Waals surface area contributed by atoms with Gasteiger partial charge >= 0.3 is 0 Å². The van der Waals surface area contributed by atoms with Crippen molar-refractivity contribution in [3.05, 3.63) is 58.6 Å². The van der Waals surface area contributed by atoms with E-state index in [-0.39, 0.29) is 12.3 Å². The molecule has 0 atom stereocenters. The first-order valence-corrected chi connectivity index (χ1v) is 8.05. The van der Waals surface area contributed by atoms with Crippen molar-refractivity contribution >= 4 is 39.7 Å². The molecule has 23 heavy (non-hydrogen) atoms. The summed E-state index contributed by atoms with van der Waals surface area (Å²) >= 11 is 6.49. The minimum Gasteiger partial charge on any atom is -0.457 e. The van der Waals surface area contributed by atoms with Crippen LogP contribution in [-0.4, -0.2) is 26.7 Å². The molecule has 0 aliphatic carbocycles. The molecule has 0 aliphatic heterocycles. The second-order valence-corrected chi connectivity index (χ2v) is 6.13. The molecule has 0 radical (unpaired) electrons. The number of hydrogen-bond acceptors (Lipinski definition) is 6. The predicted octanol–water partition coefficient (Wildman–Crippen LogP) is 3.81. The highest BCUT2D eigenvalue weighted by Gasteiger charge is 2.05. The minimum absolute atomic E-state index is 0.0192. The largest absolute Gasteiger partial charge is 0.457 e. The van der Waals surface area contributed by atoms with Crippen molar-refractivity contribution in [2.45, 2.75) is 0 Å². The number of ether oxygens (including phenoxy) is 1. The Morgan fingerprint density at radius 1 is 1.17 bits per heavy atom. The lowest BCUT2D eigenvalue weighted by atomic mass is 10.3. The Balaban J connectivity index is 1.94. The number of nitrogens with zero attached hydrogens (tertiary/aromatic N) is 1. The van der Waals surface area contributed by atoms with E-state index in [0.29, 0.717) is 21.6 Å². The number of hydrogen-bond donors (Lipinski definition) is 2. The highest BCUT2D eigenvalue weighted by atomic mass is 32.2. The average Bonchev–Trinajstić information content (AvgIpc) is 2.55. The molecule has 120 valence electrons. The second-order valence-electron chi connectivity index (χ2n) is 4.36. The van der Waals surface area contributed by atoms with Crippen LogP contribution in [0.4, 0.5) is 11.4 Å². The summed E-state index contributed by atoms with van der Waals surface area (Å²) in [5.74, 6) is 1.68. The monoisotopic (exact) mass is 350 g/mol. The summed E-state index contributed by atoms with van der Waals surface area (Å²) in [7, 11) is 0. The van der Waals surface area contributed by atoms with Gasteiger partial charge in [0.25, 0.3) is 5.69 Å². The molecule has 0 saturated carbocycles. The van der Waals surface area contributed by atoms with E-state index in [1.165, 1.54) is 23.9 Å². The van der Waals surface area contributed by atoms with Gasteiger partial charge in [-0.1, -0.05) is 24.0 Å². The molecule has 0 aliphatic rings. The molecule has 0 spiro atoms. The Hall–Kier alpha value is -2.16. The molecule has 2 aromatic carbocycles. The molecule has 0 bridgehead atoms. The van der Waals surface area contributed by atoms with Crippen molar-refractivity contribution in [1.82, 2.24) is 0 Å². The van der Waals surface area contributed by atoms with Gasteiger partial charge in [-0.3, -0.25) is 10.1 Å². The van der Waals surface area contributed by atoms with Crippen LogP contribution in [0.15, 0.2) is 48.5 Å². The van der Waals surface area contributed by atoms with E-state index in [4.69, 9.17) is 22.1 Å². The Kier molecular flexibility index (Phi) is 6.33. The number of nitro groups is 1. The Morgan fingerprint density at radius 3 is 2.26 bits per heavy atom. The van der Waals surface area contributed by atoms with Crippen LogP contribution in [0.1, 0.15) is 0 Å². The fraction of sp³-hybridized carbons (Fsp3) is 0.133. The van der Waals surface area contributed by atoms with E-state index in [2.05, 4.69) is 5.32 Å². The number of benzene rings is 2. The van der Waals surface area contributed by atoms with Crippen molar-refractivity contribution < 1.29 is 14.8 Å². The van der Waals surface area contributed by atoms with Gasteiger partial charge in [-0.25, -0.2) is 0 Å². The normalized spacial score (nSPS) is 10.1. The first-order chi connectivity index (χ1) is 11.1. The highest BCUT2D eigenvalue weighted by molar-refractivity contribution is 8.23. The maximum absolute atomic E-state index is 10.6. The van der Waals surface area contributed by atoms with Crippen molar-refractivity contribution in [2.75, 3.05) is 17.7 Å². The number of nitro benzene ring substituents is 1. The van der Waals surface area contributed by atoms with Gasteiger partial charge in [0.05, 0.1) is 11.5 Å². The quantitative estimate of drug-likeness (QED) is 0.465. The minimum atomic E-state index is -0.456. The Labute approximate surface area is 142 Å². The SMILES string of the molecule is O=[N+]([O-])c1ccc(Oc2ccc(NC(=S)SCCO)cc2)cc1. The Bertz CT molecular complexity index is 675. The third-order valence-corrected chi connectivity index (χ3v) is 3.91. The van der Waals surface area contributed by atoms with Crippen molar-refractivity contribution in [3.63, 3.8) is 0 Å². The van der Waals surface area contributed by atoms with Gasteiger partial charge in [-0.15, -0.1) is 0 Å². The lowest BCUT2D eigenvalue weighted by molar-refractivity contribution is -0.384. The standard InChI is InChI=1S/C15H14N2O4S2/c18-9-10-23-15(22)16-11-1-5-13(6-2-11)21-14-7-3-12(4-8-14)17(19)20/h1-8,18H,9-10H2,(H,16,22). The number of rotatable bonds is 6. The Morgan fingerprint density at radius 2 is 1.74 bits per heavy atom. The summed E-state index contributed by atoms with van der Waals surface area (Å²) in [6.45, 7) is 0.0779. The van der Waals surface area contributed by atoms with Crippen LogP contribution in [0.2, 0.25) is 0 Å². The van der Waals surface area contributed by atoms with Crippen LogP contribution < -0.4 is 10.1 Å². The van der Waals surface area contributed by atoms with Crippen LogP contribution in [0.25, 0.3) is 0 Å². The van der Waals surface area contributed by atoms with Crippen LogP contribution in [-0.2, 0) is 0 Å². The number of nitrogens with one attached hydrogen (secondary N) is 1. The van der Waals surface area contributed by atoms with E-state index < -0.39 is 4.92 Å². The van der Waals surface area contributed by atoms with E-state index >= 15 is 0 Å². The molecule has 0 fully saturated rings. The molecule has 8 heteroatoms. The molecule has 6 nitrogen and oxygen atoms in total. The first kappa shape index (κ1) is 17.2. The summed E-state index contributed by atoms with van der Waals surface area (Å²) in [6, 6.07) is 13.0. The fourth-order valence-electron chi connectivity index (χ4n) is 1.67. The van der Waals surface area contributed by atoms with E-state index in [1.807, 2.05) is 12.1 Å². The average molecular weight is 350 g/mol. The van der Waals surface area contributed by atoms with Crippen LogP contribution in [0.5, 0.6) is 11.5 Å². The van der Waals surface area contributed by atoms with Gasteiger partial charge in [0.2, 0.25) is 0 Å². The zero-order valence-corrected chi connectivity index (χ0v) is 13.6. The van der Waals surface area contributed by atoms with Gasteiger partial charge in [0.15, 0.2) is 0 Å². The van der Waals surface area contributed by atoms with E-state index in [1.54, 1.807) is 24.3 Å². The molecular weight excluding hydrogens is 336 g/mol. The summed E-state index contributed by atoms with van der Waals surface area (Å²) in [5.41, 5.74) is 0.835. The van der Waals surface area contributed by atoms with Gasteiger partial charge in [0.1, 0.15) is 15.8 Å². The lowest BCUT2D eigenvalue weighted by Gasteiger charge is -2.09. The molecule has 2 N–H and O–H groups in total. The van der Waals surface area contributed by atoms with Gasteiger partial charge in [-0.05, 0) is 36.4 Å². The van der Waals surface area contributed by atoms with Crippen LogP contribution in [0, 0.1) is 10.1 Å². The first-order valence-electron chi connectivity index (χ1n) is 6.65. The van der Waals surface area contributed by atoms with Gasteiger partial charge in [-0.2, -0.15) is 0 Å². The zero-order chi connectivity index (χ0) is 16.7. The topological polar surface area (TPSA) is 84.6 Å². The summed E-state index contributed by atoms with van der Waals surface area (Å²) in [4.78, 5) is 10.1. The number of thioether (sulfide) groups is 1. The maximum atomic E-state index is 10.6. The number of aliphatic hydroxyl groups excluding tert-OH is 1. The van der Waals surface area contributed by atoms with Crippen molar-refractivity contribution in [1.29, 1.82) is 0 Å². The number of aliphatic hydroxyl groups is 1. The van der Waals surface area contributed by atoms with Gasteiger partial charge < -0.3 is 15.2 Å².